The highest BCUT2D eigenvalue weighted by atomic mass is 13.9. The average molecular weight is 270 g/mol. The van der Waals surface area contributed by atoms with Crippen molar-refractivity contribution < 1.29 is 0 Å². The Hall–Kier alpha value is -1.32. The molecule has 0 radical (unpaired) electrons. The van der Waals surface area contributed by atoms with Gasteiger partial charge < -0.3 is 0 Å². The molecule has 0 aromatic heterocycles. The third kappa shape index (κ3) is 16.7. The summed E-state index contributed by atoms with van der Waals surface area (Å²) in [4.78, 5) is 0. The molecule has 0 heterocycles. The molecule has 0 fully saturated rings. The van der Waals surface area contributed by atoms with E-state index in [9.17, 15) is 0 Å². The molecule has 0 aliphatic rings. The van der Waals surface area contributed by atoms with Crippen LogP contribution < -0.4 is 0 Å². The topological polar surface area (TPSA) is 0 Å². The van der Waals surface area contributed by atoms with Gasteiger partial charge >= 0.3 is 0 Å². The zero-order valence-corrected chi connectivity index (χ0v) is 13.5. The molecule has 0 atom stereocenters. The van der Waals surface area contributed by atoms with Crippen molar-refractivity contribution in [3.8, 4) is 35.5 Å². The first kappa shape index (κ1) is 18.7. The van der Waals surface area contributed by atoms with Crippen LogP contribution >= 0.6 is 0 Å². The van der Waals surface area contributed by atoms with Gasteiger partial charge in [0.15, 0.2) is 0 Å². The Balaban J connectivity index is 3.41. The molecule has 0 saturated heterocycles. The highest BCUT2D eigenvalue weighted by molar-refractivity contribution is 5.16. The predicted molar refractivity (Wildman–Crippen MR) is 90.1 cm³/mol. The zero-order chi connectivity index (χ0) is 14.7. The summed E-state index contributed by atoms with van der Waals surface area (Å²) in [7, 11) is 0. The minimum absolute atomic E-state index is 0.700. The normalized spacial score (nSPS) is 8.70. The summed E-state index contributed by atoms with van der Waals surface area (Å²) in [6, 6.07) is 0. The Morgan fingerprint density at radius 2 is 0.850 bits per heavy atom. The van der Waals surface area contributed by atoms with Crippen molar-refractivity contribution in [2.75, 3.05) is 0 Å². The molecular formula is C20H30. The molecule has 0 bridgehead atoms. The predicted octanol–water partition coefficient (Wildman–Crippen LogP) is 5.72. The lowest BCUT2D eigenvalue weighted by Gasteiger charge is -1.91. The second kappa shape index (κ2) is 17.7. The average Bonchev–Trinajstić information content (AvgIpc) is 2.47. The van der Waals surface area contributed by atoms with Crippen molar-refractivity contribution in [1.29, 1.82) is 0 Å². The Morgan fingerprint density at radius 1 is 0.450 bits per heavy atom. The van der Waals surface area contributed by atoms with Crippen molar-refractivity contribution >= 4 is 0 Å². The molecule has 0 spiro atoms. The Labute approximate surface area is 127 Å². The Bertz CT molecular complexity index is 333. The monoisotopic (exact) mass is 270 g/mol. The number of hydrogen-bond donors (Lipinski definition) is 0. The summed E-state index contributed by atoms with van der Waals surface area (Å²) in [5, 5.41) is 0. The van der Waals surface area contributed by atoms with Gasteiger partial charge in [-0.1, -0.05) is 76.1 Å². The standard InChI is InChI=1S/C20H30/c1-3-5-7-9-11-13-15-17-19-20-18-16-14-12-10-8-6-4-2/h3-12,17-18H2,1-2H3. The largest absolute Gasteiger partial charge is 0.102 e. The molecule has 0 rings (SSSR count). The number of unbranched alkanes of at least 4 members (excludes halogenated alkanes) is 8. The van der Waals surface area contributed by atoms with E-state index in [2.05, 4.69) is 49.4 Å². The van der Waals surface area contributed by atoms with Gasteiger partial charge in [-0.05, 0) is 12.8 Å². The molecule has 0 aromatic rings. The van der Waals surface area contributed by atoms with E-state index in [1.165, 1.54) is 51.4 Å². The van der Waals surface area contributed by atoms with Crippen LogP contribution in [0.2, 0.25) is 0 Å². The third-order valence-electron chi connectivity index (χ3n) is 3.04. The van der Waals surface area contributed by atoms with Crippen LogP contribution in [0, 0.1) is 35.5 Å². The molecule has 0 unspecified atom stereocenters. The van der Waals surface area contributed by atoms with E-state index < -0.39 is 0 Å². The van der Waals surface area contributed by atoms with Crippen LogP contribution in [0.5, 0.6) is 0 Å². The summed E-state index contributed by atoms with van der Waals surface area (Å²) in [5.74, 6) is 18.7. The lowest BCUT2D eigenvalue weighted by atomic mass is 10.1. The molecule has 0 N–H and O–H groups in total. The van der Waals surface area contributed by atoms with Crippen LogP contribution in [-0.2, 0) is 0 Å². The van der Waals surface area contributed by atoms with Crippen LogP contribution in [0.4, 0.5) is 0 Å². The molecule has 0 aliphatic heterocycles. The summed E-state index contributed by atoms with van der Waals surface area (Å²) >= 11 is 0. The van der Waals surface area contributed by atoms with Crippen LogP contribution in [-0.4, -0.2) is 0 Å². The Morgan fingerprint density at radius 3 is 1.25 bits per heavy atom. The first-order valence-corrected chi connectivity index (χ1v) is 8.29. The summed E-state index contributed by atoms with van der Waals surface area (Å²) in [6.07, 6.45) is 13.8. The SMILES string of the molecule is CCCCCCC#CCC#CCC#CCCCCCC. The van der Waals surface area contributed by atoms with Gasteiger partial charge in [0.2, 0.25) is 0 Å². The minimum atomic E-state index is 0.700. The smallest absolute Gasteiger partial charge is 0.0702 e. The second-order valence-electron chi connectivity index (χ2n) is 5.04. The molecule has 0 aromatic carbocycles. The highest BCUT2D eigenvalue weighted by Gasteiger charge is 1.84. The lowest BCUT2D eigenvalue weighted by molar-refractivity contribution is 0.679. The van der Waals surface area contributed by atoms with E-state index >= 15 is 0 Å². The molecule has 0 aliphatic carbocycles. The van der Waals surface area contributed by atoms with Gasteiger partial charge in [-0.25, -0.2) is 0 Å². The van der Waals surface area contributed by atoms with Gasteiger partial charge in [0.1, 0.15) is 0 Å². The fourth-order valence-electron chi connectivity index (χ4n) is 1.80. The fraction of sp³-hybridized carbons (Fsp3) is 0.700. The van der Waals surface area contributed by atoms with Gasteiger partial charge in [0, 0.05) is 12.8 Å². The number of hydrogen-bond acceptors (Lipinski definition) is 0. The van der Waals surface area contributed by atoms with Gasteiger partial charge in [0.25, 0.3) is 0 Å². The molecule has 0 heteroatoms. The van der Waals surface area contributed by atoms with Crippen molar-refractivity contribution in [3.63, 3.8) is 0 Å². The minimum Gasteiger partial charge on any atom is -0.102 e. The lowest BCUT2D eigenvalue weighted by Crippen LogP contribution is -1.74. The van der Waals surface area contributed by atoms with E-state index in [1.54, 1.807) is 0 Å². The molecule has 0 saturated carbocycles. The molecule has 0 nitrogen and oxygen atoms in total. The summed E-state index contributed by atoms with van der Waals surface area (Å²) in [5.41, 5.74) is 0. The maximum atomic E-state index is 3.19. The quantitative estimate of drug-likeness (QED) is 0.391. The molecule has 110 valence electrons. The maximum Gasteiger partial charge on any atom is 0.0702 e. The van der Waals surface area contributed by atoms with Gasteiger partial charge in [-0.15, -0.1) is 11.8 Å². The van der Waals surface area contributed by atoms with E-state index in [0.29, 0.717) is 12.8 Å². The highest BCUT2D eigenvalue weighted by Crippen LogP contribution is 2.01. The van der Waals surface area contributed by atoms with Crippen LogP contribution in [0.15, 0.2) is 0 Å². The van der Waals surface area contributed by atoms with E-state index in [-0.39, 0.29) is 0 Å². The van der Waals surface area contributed by atoms with Crippen LogP contribution in [0.1, 0.15) is 90.9 Å². The molecule has 0 amide bonds. The fourth-order valence-corrected chi connectivity index (χ4v) is 1.80. The van der Waals surface area contributed by atoms with Crippen molar-refractivity contribution in [1.82, 2.24) is 0 Å². The zero-order valence-electron chi connectivity index (χ0n) is 13.5. The first-order chi connectivity index (χ1) is 9.91. The van der Waals surface area contributed by atoms with Crippen molar-refractivity contribution in [3.05, 3.63) is 0 Å². The summed E-state index contributed by atoms with van der Waals surface area (Å²) in [6.45, 7) is 4.46. The number of rotatable bonds is 8. The second-order valence-corrected chi connectivity index (χ2v) is 5.04. The van der Waals surface area contributed by atoms with E-state index in [0.717, 1.165) is 12.8 Å². The van der Waals surface area contributed by atoms with Crippen LogP contribution in [0.3, 0.4) is 0 Å². The van der Waals surface area contributed by atoms with Gasteiger partial charge in [-0.2, -0.15) is 0 Å². The van der Waals surface area contributed by atoms with Crippen LogP contribution in [0.25, 0.3) is 0 Å². The first-order valence-electron chi connectivity index (χ1n) is 8.29. The maximum absolute atomic E-state index is 3.19. The van der Waals surface area contributed by atoms with Gasteiger partial charge in [-0.3, -0.25) is 0 Å². The third-order valence-corrected chi connectivity index (χ3v) is 3.04. The van der Waals surface area contributed by atoms with E-state index in [1.807, 2.05) is 0 Å². The Kier molecular flexibility index (Phi) is 16.5. The molecule has 20 heavy (non-hydrogen) atoms. The van der Waals surface area contributed by atoms with Crippen molar-refractivity contribution in [2.45, 2.75) is 90.9 Å². The van der Waals surface area contributed by atoms with Crippen molar-refractivity contribution in [2.24, 2.45) is 0 Å². The van der Waals surface area contributed by atoms with E-state index in [4.69, 9.17) is 0 Å². The van der Waals surface area contributed by atoms with Gasteiger partial charge in [0.05, 0.1) is 12.8 Å². The molecular weight excluding hydrogens is 240 g/mol. The summed E-state index contributed by atoms with van der Waals surface area (Å²) < 4.78 is 0.